The molecule has 2 heterocycles. The van der Waals surface area contributed by atoms with Crippen LogP contribution in [-0.2, 0) is 12.8 Å². The Hall–Kier alpha value is -2.69. The van der Waals surface area contributed by atoms with Gasteiger partial charge in [-0.2, -0.15) is 4.98 Å². The van der Waals surface area contributed by atoms with Crippen LogP contribution < -0.4 is 11.3 Å². The number of rotatable bonds is 4. The van der Waals surface area contributed by atoms with E-state index < -0.39 is 0 Å². The van der Waals surface area contributed by atoms with Gasteiger partial charge >= 0.3 is 0 Å². The van der Waals surface area contributed by atoms with Crippen LogP contribution >= 0.6 is 0 Å². The Morgan fingerprint density at radius 1 is 1.13 bits per heavy atom. The molecule has 3 N–H and O–H groups in total. The molecule has 118 valence electrons. The van der Waals surface area contributed by atoms with Gasteiger partial charge in [0.15, 0.2) is 5.65 Å². The number of nitrogens with one attached hydrogen (secondary N) is 1. The Kier molecular flexibility index (Phi) is 4.10. The highest BCUT2D eigenvalue weighted by molar-refractivity contribution is 5.74. The van der Waals surface area contributed by atoms with Gasteiger partial charge in [-0.05, 0) is 41.5 Å². The van der Waals surface area contributed by atoms with Crippen molar-refractivity contribution in [1.29, 1.82) is 0 Å². The zero-order chi connectivity index (χ0) is 16.4. The van der Waals surface area contributed by atoms with E-state index in [1.54, 1.807) is 6.20 Å². The smallest absolute Gasteiger partial charge is 0.261 e. The summed E-state index contributed by atoms with van der Waals surface area (Å²) in [6.45, 7) is 4.38. The second-order valence-corrected chi connectivity index (χ2v) is 6.06. The maximum absolute atomic E-state index is 11.9. The topological polar surface area (TPSA) is 84.7 Å². The fourth-order valence-electron chi connectivity index (χ4n) is 2.58. The first-order valence-electron chi connectivity index (χ1n) is 7.76. The molecule has 0 spiro atoms. The number of pyridine rings is 1. The fraction of sp³-hybridized carbons (Fsp3) is 0.278. The molecular formula is C18H20N4O. The number of nitrogens with two attached hydrogens (primary N) is 1. The van der Waals surface area contributed by atoms with Crippen LogP contribution in [0.1, 0.15) is 36.5 Å². The summed E-state index contributed by atoms with van der Waals surface area (Å²) in [6.07, 6.45) is 3.50. The monoisotopic (exact) mass is 308 g/mol. The second kappa shape index (κ2) is 6.20. The van der Waals surface area contributed by atoms with Crippen molar-refractivity contribution in [1.82, 2.24) is 15.0 Å². The molecule has 0 atom stereocenters. The molecule has 0 amide bonds. The highest BCUT2D eigenvalue weighted by atomic mass is 16.1. The fourth-order valence-corrected chi connectivity index (χ4v) is 2.58. The van der Waals surface area contributed by atoms with Gasteiger partial charge in [-0.25, -0.2) is 4.98 Å². The lowest BCUT2D eigenvalue weighted by Crippen LogP contribution is -2.12. The number of nitrogens with zero attached hydrogens (tertiary/aromatic N) is 2. The van der Waals surface area contributed by atoms with Gasteiger partial charge in [0.2, 0.25) is 5.95 Å². The average Bonchev–Trinajstić information content (AvgIpc) is 2.53. The van der Waals surface area contributed by atoms with Crippen LogP contribution in [0.25, 0.3) is 11.0 Å². The summed E-state index contributed by atoms with van der Waals surface area (Å²) in [7, 11) is 0. The lowest BCUT2D eigenvalue weighted by molar-refractivity contribution is 0.862. The number of aryl methyl sites for hydroxylation is 2. The molecule has 0 bridgehead atoms. The zero-order valence-corrected chi connectivity index (χ0v) is 13.3. The molecule has 0 aliphatic heterocycles. The van der Waals surface area contributed by atoms with Crippen molar-refractivity contribution in [2.24, 2.45) is 0 Å². The van der Waals surface area contributed by atoms with Crippen molar-refractivity contribution < 1.29 is 0 Å². The summed E-state index contributed by atoms with van der Waals surface area (Å²) >= 11 is 0. The summed E-state index contributed by atoms with van der Waals surface area (Å²) in [6, 6.07) is 10.5. The number of benzene rings is 1. The van der Waals surface area contributed by atoms with E-state index in [1.165, 1.54) is 11.1 Å². The first kappa shape index (κ1) is 15.2. The van der Waals surface area contributed by atoms with Gasteiger partial charge in [0.1, 0.15) is 0 Å². The Bertz CT molecular complexity index is 882. The van der Waals surface area contributed by atoms with E-state index in [0.29, 0.717) is 17.0 Å². The van der Waals surface area contributed by atoms with Crippen LogP contribution in [0, 0.1) is 0 Å². The predicted octanol–water partition coefficient (Wildman–Crippen LogP) is 2.81. The van der Waals surface area contributed by atoms with E-state index in [4.69, 9.17) is 5.73 Å². The molecule has 0 fully saturated rings. The number of nitrogen functional groups attached to an aromatic ring is 1. The van der Waals surface area contributed by atoms with Crippen molar-refractivity contribution in [3.63, 3.8) is 0 Å². The standard InChI is InChI=1S/C18H20N4O/c1-11(2)14-7-5-12(6-8-14)3-4-13-9-15-16(20-10-13)21-18(19)22-17(15)23/h5-11H,3-4H2,1-2H3,(H3,19,20,21,22,23). The summed E-state index contributed by atoms with van der Waals surface area (Å²) in [5, 5.41) is 0.479. The van der Waals surface area contributed by atoms with Crippen LogP contribution in [0.5, 0.6) is 0 Å². The summed E-state index contributed by atoms with van der Waals surface area (Å²) < 4.78 is 0. The Labute approximate surface area is 134 Å². The number of hydrogen-bond acceptors (Lipinski definition) is 4. The number of aromatic nitrogens is 3. The van der Waals surface area contributed by atoms with Crippen molar-refractivity contribution in [3.05, 3.63) is 63.6 Å². The van der Waals surface area contributed by atoms with Gasteiger partial charge < -0.3 is 5.73 Å². The van der Waals surface area contributed by atoms with E-state index in [2.05, 4.69) is 53.1 Å². The highest BCUT2D eigenvalue weighted by Crippen LogP contribution is 2.16. The molecule has 2 aromatic heterocycles. The number of anilines is 1. The van der Waals surface area contributed by atoms with E-state index in [9.17, 15) is 4.79 Å². The van der Waals surface area contributed by atoms with Crippen molar-refractivity contribution >= 4 is 17.0 Å². The highest BCUT2D eigenvalue weighted by Gasteiger charge is 2.05. The number of aromatic amines is 1. The van der Waals surface area contributed by atoms with Gasteiger partial charge in [0.05, 0.1) is 5.39 Å². The van der Waals surface area contributed by atoms with Crippen LogP contribution in [0.3, 0.4) is 0 Å². The zero-order valence-electron chi connectivity index (χ0n) is 13.3. The second-order valence-electron chi connectivity index (χ2n) is 6.06. The third-order valence-electron chi connectivity index (χ3n) is 3.98. The molecule has 5 nitrogen and oxygen atoms in total. The van der Waals surface area contributed by atoms with Crippen LogP contribution in [0.2, 0.25) is 0 Å². The minimum atomic E-state index is -0.247. The molecule has 5 heteroatoms. The van der Waals surface area contributed by atoms with Crippen LogP contribution in [0.15, 0.2) is 41.3 Å². The largest absolute Gasteiger partial charge is 0.369 e. The summed E-state index contributed by atoms with van der Waals surface area (Å²) in [5.74, 6) is 0.633. The molecule has 0 radical (unpaired) electrons. The van der Waals surface area contributed by atoms with Gasteiger partial charge in [-0.3, -0.25) is 9.78 Å². The number of H-pyrrole nitrogens is 1. The number of hydrogen-bond donors (Lipinski definition) is 2. The molecule has 0 aliphatic carbocycles. The lowest BCUT2D eigenvalue weighted by atomic mass is 9.99. The molecule has 1 aromatic carbocycles. The third kappa shape index (κ3) is 3.39. The van der Waals surface area contributed by atoms with Gasteiger partial charge in [-0.1, -0.05) is 38.1 Å². The minimum absolute atomic E-state index is 0.0907. The average molecular weight is 308 g/mol. The maximum atomic E-state index is 11.9. The molecule has 0 saturated heterocycles. The predicted molar refractivity (Wildman–Crippen MR) is 92.5 cm³/mol. The van der Waals surface area contributed by atoms with E-state index in [1.807, 2.05) is 6.07 Å². The normalized spacial score (nSPS) is 11.3. The van der Waals surface area contributed by atoms with Gasteiger partial charge in [0, 0.05) is 6.20 Å². The van der Waals surface area contributed by atoms with Gasteiger partial charge in [0.25, 0.3) is 5.56 Å². The van der Waals surface area contributed by atoms with Crippen molar-refractivity contribution in [2.75, 3.05) is 5.73 Å². The third-order valence-corrected chi connectivity index (χ3v) is 3.98. The molecule has 23 heavy (non-hydrogen) atoms. The molecule has 0 unspecified atom stereocenters. The molecule has 3 aromatic rings. The van der Waals surface area contributed by atoms with E-state index >= 15 is 0 Å². The van der Waals surface area contributed by atoms with E-state index in [-0.39, 0.29) is 11.5 Å². The maximum Gasteiger partial charge on any atom is 0.261 e. The SMILES string of the molecule is CC(C)c1ccc(CCc2cnc3nc(N)[nH]c(=O)c3c2)cc1. The lowest BCUT2D eigenvalue weighted by Gasteiger charge is -2.07. The van der Waals surface area contributed by atoms with E-state index in [0.717, 1.165) is 18.4 Å². The first-order valence-corrected chi connectivity index (χ1v) is 7.76. The first-order chi connectivity index (χ1) is 11.0. The Morgan fingerprint density at radius 3 is 2.52 bits per heavy atom. The van der Waals surface area contributed by atoms with Crippen LogP contribution in [0.4, 0.5) is 5.95 Å². The summed E-state index contributed by atoms with van der Waals surface area (Å²) in [4.78, 5) is 22.7. The molecule has 3 rings (SSSR count). The minimum Gasteiger partial charge on any atom is -0.369 e. The molecule has 0 aliphatic rings. The molecule has 0 saturated carbocycles. The van der Waals surface area contributed by atoms with Crippen molar-refractivity contribution in [2.45, 2.75) is 32.6 Å². The van der Waals surface area contributed by atoms with Gasteiger partial charge in [-0.15, -0.1) is 0 Å². The number of fused-ring (bicyclic) bond motifs is 1. The Balaban J connectivity index is 1.78. The quantitative estimate of drug-likeness (QED) is 0.776. The van der Waals surface area contributed by atoms with Crippen molar-refractivity contribution in [3.8, 4) is 0 Å². The summed E-state index contributed by atoms with van der Waals surface area (Å²) in [5.41, 5.74) is 9.30. The molecular weight excluding hydrogens is 288 g/mol. The van der Waals surface area contributed by atoms with Crippen LogP contribution in [-0.4, -0.2) is 15.0 Å². The Morgan fingerprint density at radius 2 is 1.83 bits per heavy atom.